The molecule has 4 rings (SSSR count). The monoisotopic (exact) mass is 458 g/mol. The van der Waals surface area contributed by atoms with E-state index in [-0.39, 0.29) is 21.8 Å². The maximum absolute atomic E-state index is 12.3. The van der Waals surface area contributed by atoms with E-state index >= 15 is 0 Å². The predicted octanol–water partition coefficient (Wildman–Crippen LogP) is 4.00. The average molecular weight is 459 g/mol. The van der Waals surface area contributed by atoms with Gasteiger partial charge < -0.3 is 9.47 Å². The molecular weight excluding hydrogens is 436 g/mol. The van der Waals surface area contributed by atoms with Gasteiger partial charge in [-0.3, -0.25) is 14.3 Å². The fourth-order valence-corrected chi connectivity index (χ4v) is 5.20. The standard InChI is InChI=1S/C23H23ClN2O4S/c24-18-12-26(23(28)25-22(18)27)21-11-19(30-14-17-9-5-2-6-10-17)20(31-21)15-29-13-16-7-3-1-4-8-16/h1-10,12,19-21H,11,13-15H2,(H,25,27,28)/t19-,20-,21+/m0/s1. The molecule has 0 bridgehead atoms. The molecule has 0 radical (unpaired) electrons. The van der Waals surface area contributed by atoms with Crippen molar-refractivity contribution in [1.29, 1.82) is 0 Å². The highest BCUT2D eigenvalue weighted by molar-refractivity contribution is 8.00. The van der Waals surface area contributed by atoms with Crippen LogP contribution in [0.2, 0.25) is 5.02 Å². The zero-order valence-electron chi connectivity index (χ0n) is 16.8. The third kappa shape index (κ3) is 5.68. The first kappa shape index (κ1) is 21.9. The Morgan fingerprint density at radius 3 is 2.32 bits per heavy atom. The summed E-state index contributed by atoms with van der Waals surface area (Å²) in [5, 5.41) is -0.172. The molecule has 0 aliphatic carbocycles. The van der Waals surface area contributed by atoms with E-state index in [0.29, 0.717) is 26.2 Å². The SMILES string of the molecule is O=c1[nH]c(=O)n([C@H]2C[C@H](OCc3ccccc3)[C@H](COCc3ccccc3)S2)cc1Cl. The Morgan fingerprint density at radius 2 is 1.65 bits per heavy atom. The highest BCUT2D eigenvalue weighted by Gasteiger charge is 2.37. The van der Waals surface area contributed by atoms with Crippen molar-refractivity contribution in [3.63, 3.8) is 0 Å². The van der Waals surface area contributed by atoms with Crippen molar-refractivity contribution in [3.05, 3.63) is 104 Å². The molecule has 1 aliphatic heterocycles. The predicted molar refractivity (Wildman–Crippen MR) is 122 cm³/mol. The lowest BCUT2D eigenvalue weighted by atomic mass is 10.1. The van der Waals surface area contributed by atoms with Crippen molar-refractivity contribution < 1.29 is 9.47 Å². The van der Waals surface area contributed by atoms with Crippen molar-refractivity contribution in [2.24, 2.45) is 0 Å². The van der Waals surface area contributed by atoms with Gasteiger partial charge in [-0.05, 0) is 11.1 Å². The zero-order chi connectivity index (χ0) is 21.6. The van der Waals surface area contributed by atoms with Crippen LogP contribution in [0.3, 0.4) is 0 Å². The molecule has 0 amide bonds. The van der Waals surface area contributed by atoms with Gasteiger partial charge >= 0.3 is 5.69 Å². The molecule has 1 fully saturated rings. The summed E-state index contributed by atoms with van der Waals surface area (Å²) in [7, 11) is 0. The number of halogens is 1. The Bertz CT molecular complexity index is 1100. The number of aromatic nitrogens is 2. The first-order valence-electron chi connectivity index (χ1n) is 10.0. The maximum Gasteiger partial charge on any atom is 0.329 e. The lowest BCUT2D eigenvalue weighted by Crippen LogP contribution is -2.31. The van der Waals surface area contributed by atoms with Gasteiger partial charge in [0.05, 0.1) is 36.5 Å². The van der Waals surface area contributed by atoms with Crippen molar-refractivity contribution in [2.45, 2.75) is 36.4 Å². The van der Waals surface area contributed by atoms with Gasteiger partial charge in [-0.25, -0.2) is 4.79 Å². The number of ether oxygens (including phenoxy) is 2. The molecule has 1 aliphatic rings. The summed E-state index contributed by atoms with van der Waals surface area (Å²) in [6, 6.07) is 20.0. The minimum Gasteiger partial charge on any atom is -0.376 e. The smallest absolute Gasteiger partial charge is 0.329 e. The van der Waals surface area contributed by atoms with E-state index in [4.69, 9.17) is 21.1 Å². The van der Waals surface area contributed by atoms with E-state index in [1.54, 1.807) is 11.8 Å². The van der Waals surface area contributed by atoms with E-state index in [2.05, 4.69) is 4.98 Å². The summed E-state index contributed by atoms with van der Waals surface area (Å²) in [4.78, 5) is 26.2. The summed E-state index contributed by atoms with van der Waals surface area (Å²) in [6.45, 7) is 1.48. The number of rotatable bonds is 8. The first-order chi connectivity index (χ1) is 15.1. The van der Waals surface area contributed by atoms with Crippen LogP contribution in [0.5, 0.6) is 0 Å². The van der Waals surface area contributed by atoms with Gasteiger partial charge in [-0.1, -0.05) is 72.3 Å². The molecule has 0 saturated carbocycles. The number of H-pyrrole nitrogens is 1. The van der Waals surface area contributed by atoms with E-state index in [1.165, 1.54) is 10.8 Å². The lowest BCUT2D eigenvalue weighted by Gasteiger charge is -2.19. The van der Waals surface area contributed by atoms with Crippen molar-refractivity contribution >= 4 is 23.4 Å². The molecule has 6 nitrogen and oxygen atoms in total. The van der Waals surface area contributed by atoms with Gasteiger partial charge in [-0.15, -0.1) is 11.8 Å². The number of nitrogens with one attached hydrogen (secondary N) is 1. The Kier molecular flexibility index (Phi) is 7.29. The molecule has 3 aromatic rings. The highest BCUT2D eigenvalue weighted by atomic mass is 35.5. The van der Waals surface area contributed by atoms with Crippen LogP contribution in [0.1, 0.15) is 22.9 Å². The van der Waals surface area contributed by atoms with Crippen molar-refractivity contribution in [1.82, 2.24) is 9.55 Å². The fraction of sp³-hybridized carbons (Fsp3) is 0.304. The van der Waals surface area contributed by atoms with Crippen LogP contribution in [-0.4, -0.2) is 27.5 Å². The molecule has 1 N–H and O–H groups in total. The van der Waals surface area contributed by atoms with Crippen LogP contribution < -0.4 is 11.2 Å². The van der Waals surface area contributed by atoms with Gasteiger partial charge in [0.2, 0.25) is 0 Å². The lowest BCUT2D eigenvalue weighted by molar-refractivity contribution is 0.0135. The minimum atomic E-state index is -0.578. The van der Waals surface area contributed by atoms with Crippen molar-refractivity contribution in [3.8, 4) is 0 Å². The van der Waals surface area contributed by atoms with Gasteiger partial charge in [0, 0.05) is 12.6 Å². The molecule has 8 heteroatoms. The molecule has 1 saturated heterocycles. The first-order valence-corrected chi connectivity index (χ1v) is 11.4. The van der Waals surface area contributed by atoms with E-state index < -0.39 is 11.2 Å². The van der Waals surface area contributed by atoms with Crippen LogP contribution in [0, 0.1) is 0 Å². The third-order valence-corrected chi connectivity index (χ3v) is 6.91. The summed E-state index contributed by atoms with van der Waals surface area (Å²) in [5.74, 6) is 0. The van der Waals surface area contributed by atoms with Gasteiger partial charge in [0.25, 0.3) is 5.56 Å². The summed E-state index contributed by atoms with van der Waals surface area (Å²) in [6.07, 6.45) is 1.91. The second-order valence-corrected chi connectivity index (χ2v) is 9.17. The Hall–Kier alpha value is -2.32. The summed E-state index contributed by atoms with van der Waals surface area (Å²) in [5.41, 5.74) is 1.14. The van der Waals surface area contributed by atoms with Gasteiger partial charge in [-0.2, -0.15) is 0 Å². The van der Waals surface area contributed by atoms with Crippen LogP contribution in [0.25, 0.3) is 0 Å². The molecule has 3 atom stereocenters. The number of nitrogens with zero attached hydrogens (tertiary/aromatic N) is 1. The van der Waals surface area contributed by atoms with Crippen LogP contribution in [0.4, 0.5) is 0 Å². The van der Waals surface area contributed by atoms with E-state index in [0.717, 1.165) is 11.1 Å². The van der Waals surface area contributed by atoms with E-state index in [1.807, 2.05) is 60.7 Å². The third-order valence-electron chi connectivity index (χ3n) is 5.12. The molecule has 1 aromatic heterocycles. The van der Waals surface area contributed by atoms with Gasteiger partial charge in [0.15, 0.2) is 0 Å². The maximum atomic E-state index is 12.3. The zero-order valence-corrected chi connectivity index (χ0v) is 18.4. The molecule has 31 heavy (non-hydrogen) atoms. The number of benzene rings is 2. The van der Waals surface area contributed by atoms with Crippen molar-refractivity contribution in [2.75, 3.05) is 6.61 Å². The van der Waals surface area contributed by atoms with Crippen LogP contribution in [0.15, 0.2) is 76.4 Å². The second-order valence-electron chi connectivity index (χ2n) is 7.34. The second kappa shape index (κ2) is 10.3. The molecule has 2 aromatic carbocycles. The Morgan fingerprint density at radius 1 is 1.00 bits per heavy atom. The van der Waals surface area contributed by atoms with Crippen LogP contribution >= 0.6 is 23.4 Å². The van der Waals surface area contributed by atoms with E-state index in [9.17, 15) is 9.59 Å². The number of thioether (sulfide) groups is 1. The molecular formula is C23H23ClN2O4S. The largest absolute Gasteiger partial charge is 0.376 e. The Labute approximate surface area is 189 Å². The quantitative estimate of drug-likeness (QED) is 0.552. The Balaban J connectivity index is 1.46. The molecule has 0 spiro atoms. The number of aromatic amines is 1. The number of hydrogen-bond acceptors (Lipinski definition) is 5. The topological polar surface area (TPSA) is 73.3 Å². The van der Waals surface area contributed by atoms with Crippen LogP contribution in [-0.2, 0) is 22.7 Å². The number of hydrogen-bond donors (Lipinski definition) is 1. The molecule has 0 unspecified atom stereocenters. The fourth-order valence-electron chi connectivity index (χ4n) is 3.52. The summed E-state index contributed by atoms with van der Waals surface area (Å²) < 4.78 is 13.7. The minimum absolute atomic E-state index is 0.00858. The molecule has 2 heterocycles. The van der Waals surface area contributed by atoms with Gasteiger partial charge in [0.1, 0.15) is 5.02 Å². The molecule has 162 valence electrons. The highest BCUT2D eigenvalue weighted by Crippen LogP contribution is 2.43. The normalized spacial score (nSPS) is 20.7. The average Bonchev–Trinajstić information content (AvgIpc) is 3.19. The summed E-state index contributed by atoms with van der Waals surface area (Å²) >= 11 is 7.56.